The number of esters is 2. The first kappa shape index (κ1) is 15.6. The minimum absolute atomic E-state index is 0. The number of nitrogens with two attached hydrogens (primary N) is 1. The van der Waals surface area contributed by atoms with Crippen molar-refractivity contribution >= 4 is 24.3 Å². The summed E-state index contributed by atoms with van der Waals surface area (Å²) in [6, 6.07) is -1.22. The van der Waals surface area contributed by atoms with E-state index in [1.807, 2.05) is 0 Å². The Bertz CT molecular complexity index is 199. The third-order valence-electron chi connectivity index (χ3n) is 1.49. The highest BCUT2D eigenvalue weighted by Gasteiger charge is 2.25. The van der Waals surface area contributed by atoms with Crippen molar-refractivity contribution in [1.82, 2.24) is 0 Å². The second-order valence-electron chi connectivity index (χ2n) is 2.40. The maximum atomic E-state index is 10.8. The first-order valence-corrected chi connectivity index (χ1v) is 3.61. The fraction of sp³-hybridized carbons (Fsp3) is 0.714. The van der Waals surface area contributed by atoms with E-state index in [0.717, 1.165) is 7.11 Å². The van der Waals surface area contributed by atoms with E-state index in [9.17, 15) is 14.7 Å². The lowest BCUT2D eigenvalue weighted by Gasteiger charge is -2.14. The van der Waals surface area contributed by atoms with Crippen LogP contribution in [0.25, 0.3) is 0 Å². The third-order valence-corrected chi connectivity index (χ3v) is 1.49. The van der Waals surface area contributed by atoms with Crippen LogP contribution in [0.4, 0.5) is 0 Å². The summed E-state index contributed by atoms with van der Waals surface area (Å²) in [5, 5.41) is 9.19. The average molecular weight is 228 g/mol. The highest BCUT2D eigenvalue weighted by atomic mass is 35.5. The molecular formula is C7H14ClNO5. The van der Waals surface area contributed by atoms with Gasteiger partial charge in [-0.2, -0.15) is 0 Å². The molecule has 0 aromatic heterocycles. The molecule has 0 rings (SSSR count). The van der Waals surface area contributed by atoms with Gasteiger partial charge in [-0.15, -0.1) is 12.4 Å². The van der Waals surface area contributed by atoms with Gasteiger partial charge in [0.2, 0.25) is 0 Å². The van der Waals surface area contributed by atoms with Gasteiger partial charge in [0.05, 0.1) is 26.7 Å². The number of carbonyl (C=O) groups is 2. The van der Waals surface area contributed by atoms with E-state index in [2.05, 4.69) is 9.47 Å². The van der Waals surface area contributed by atoms with Crippen LogP contribution in [0.1, 0.15) is 6.42 Å². The second-order valence-corrected chi connectivity index (χ2v) is 2.40. The summed E-state index contributed by atoms with van der Waals surface area (Å²) < 4.78 is 8.55. The number of rotatable bonds is 4. The van der Waals surface area contributed by atoms with Gasteiger partial charge >= 0.3 is 11.9 Å². The van der Waals surface area contributed by atoms with E-state index in [1.165, 1.54) is 7.11 Å². The predicted octanol–water partition coefficient (Wildman–Crippen LogP) is -1.17. The Kier molecular flexibility index (Phi) is 8.41. The van der Waals surface area contributed by atoms with Crippen molar-refractivity contribution in [2.45, 2.75) is 18.6 Å². The molecule has 0 amide bonds. The van der Waals surface area contributed by atoms with Crippen LogP contribution in [-0.2, 0) is 19.1 Å². The number of ether oxygens (including phenoxy) is 2. The highest BCUT2D eigenvalue weighted by Crippen LogP contribution is 1.99. The number of halogens is 1. The summed E-state index contributed by atoms with van der Waals surface area (Å²) in [6.45, 7) is 0. The molecule has 14 heavy (non-hydrogen) atoms. The van der Waals surface area contributed by atoms with Crippen LogP contribution in [0.5, 0.6) is 0 Å². The number of methoxy groups -OCH3 is 2. The van der Waals surface area contributed by atoms with Gasteiger partial charge in [0.25, 0.3) is 0 Å². The van der Waals surface area contributed by atoms with Crippen LogP contribution < -0.4 is 5.73 Å². The molecule has 0 radical (unpaired) electrons. The van der Waals surface area contributed by atoms with E-state index < -0.39 is 24.1 Å². The van der Waals surface area contributed by atoms with Crippen LogP contribution >= 0.6 is 12.4 Å². The van der Waals surface area contributed by atoms with E-state index >= 15 is 0 Å². The number of aliphatic hydroxyl groups excluding tert-OH is 1. The van der Waals surface area contributed by atoms with Crippen LogP contribution in [0, 0.1) is 0 Å². The molecule has 3 N–H and O–H groups in total. The van der Waals surface area contributed by atoms with Crippen molar-refractivity contribution in [3.63, 3.8) is 0 Å². The zero-order chi connectivity index (χ0) is 10.4. The molecule has 0 saturated carbocycles. The molecule has 0 aliphatic heterocycles. The lowest BCUT2D eigenvalue weighted by molar-refractivity contribution is -0.148. The van der Waals surface area contributed by atoms with E-state index in [0.29, 0.717) is 0 Å². The number of hydrogen-bond acceptors (Lipinski definition) is 6. The Morgan fingerprint density at radius 2 is 1.86 bits per heavy atom. The molecule has 0 heterocycles. The minimum atomic E-state index is -1.28. The molecule has 0 aromatic rings. The smallest absolute Gasteiger partial charge is 0.325 e. The Balaban J connectivity index is 0. The Hall–Kier alpha value is -0.850. The summed E-state index contributed by atoms with van der Waals surface area (Å²) in [7, 11) is 2.33. The first-order chi connectivity index (χ1) is 6.02. The number of carbonyl (C=O) groups excluding carboxylic acids is 2. The third kappa shape index (κ3) is 5.00. The number of hydrogen-bond donors (Lipinski definition) is 2. The van der Waals surface area contributed by atoms with Crippen LogP contribution in [0.2, 0.25) is 0 Å². The van der Waals surface area contributed by atoms with Crippen LogP contribution in [0.3, 0.4) is 0 Å². The van der Waals surface area contributed by atoms with Gasteiger partial charge in [-0.05, 0) is 0 Å². The Morgan fingerprint density at radius 1 is 1.36 bits per heavy atom. The van der Waals surface area contributed by atoms with Crippen molar-refractivity contribution in [2.75, 3.05) is 14.2 Å². The Morgan fingerprint density at radius 3 is 2.21 bits per heavy atom. The minimum Gasteiger partial charge on any atom is -0.469 e. The van der Waals surface area contributed by atoms with Gasteiger partial charge in [0.1, 0.15) is 6.04 Å². The predicted molar refractivity (Wildman–Crippen MR) is 49.9 cm³/mol. The normalized spacial score (nSPS) is 13.4. The fourth-order valence-electron chi connectivity index (χ4n) is 0.674. The molecule has 84 valence electrons. The van der Waals surface area contributed by atoms with Crippen LogP contribution in [0.15, 0.2) is 0 Å². The molecule has 0 aromatic carbocycles. The molecule has 7 heteroatoms. The van der Waals surface area contributed by atoms with Gasteiger partial charge in [-0.3, -0.25) is 9.59 Å². The zero-order valence-corrected chi connectivity index (χ0v) is 8.74. The fourth-order valence-corrected chi connectivity index (χ4v) is 0.674. The van der Waals surface area contributed by atoms with Crippen molar-refractivity contribution in [1.29, 1.82) is 0 Å². The maximum absolute atomic E-state index is 10.8. The van der Waals surface area contributed by atoms with Gasteiger partial charge in [-0.25, -0.2) is 0 Å². The molecule has 0 fully saturated rings. The summed E-state index contributed by atoms with van der Waals surface area (Å²) in [6.07, 6.45) is -1.60. The molecule has 0 spiro atoms. The molecule has 2 unspecified atom stereocenters. The summed E-state index contributed by atoms with van der Waals surface area (Å²) >= 11 is 0. The SMILES string of the molecule is COC(=O)CC(O)C(N)C(=O)OC.Cl. The zero-order valence-electron chi connectivity index (χ0n) is 7.93. The van der Waals surface area contributed by atoms with Crippen molar-refractivity contribution < 1.29 is 24.2 Å². The van der Waals surface area contributed by atoms with Crippen molar-refractivity contribution in [2.24, 2.45) is 5.73 Å². The maximum Gasteiger partial charge on any atom is 0.325 e. The second kappa shape index (κ2) is 7.54. The molecule has 0 bridgehead atoms. The molecule has 0 aliphatic rings. The lowest BCUT2D eigenvalue weighted by Crippen LogP contribution is -2.43. The molecule has 0 saturated heterocycles. The quantitative estimate of drug-likeness (QED) is 0.588. The average Bonchev–Trinajstić information content (AvgIpc) is 2.14. The summed E-state index contributed by atoms with van der Waals surface area (Å²) in [5.41, 5.74) is 5.24. The summed E-state index contributed by atoms with van der Waals surface area (Å²) in [5.74, 6) is -1.40. The van der Waals surface area contributed by atoms with Gasteiger partial charge in [0, 0.05) is 0 Å². The molecule has 6 nitrogen and oxygen atoms in total. The van der Waals surface area contributed by atoms with E-state index in [-0.39, 0.29) is 18.8 Å². The van der Waals surface area contributed by atoms with Crippen molar-refractivity contribution in [3.8, 4) is 0 Å². The molecule has 2 atom stereocenters. The monoisotopic (exact) mass is 227 g/mol. The standard InChI is InChI=1S/C7H13NO5.ClH/c1-12-5(10)3-4(9)6(8)7(11)13-2;/h4,6,9H,3,8H2,1-2H3;1H. The van der Waals surface area contributed by atoms with E-state index in [4.69, 9.17) is 5.73 Å². The van der Waals surface area contributed by atoms with E-state index in [1.54, 1.807) is 0 Å². The number of aliphatic hydroxyl groups is 1. The molecule has 0 aliphatic carbocycles. The van der Waals surface area contributed by atoms with Crippen LogP contribution in [-0.4, -0.2) is 43.4 Å². The topological polar surface area (TPSA) is 98.9 Å². The summed E-state index contributed by atoms with van der Waals surface area (Å²) in [4.78, 5) is 21.4. The van der Waals surface area contributed by atoms with Crippen molar-refractivity contribution in [3.05, 3.63) is 0 Å². The van der Waals surface area contributed by atoms with Gasteiger partial charge in [0.15, 0.2) is 0 Å². The largest absolute Gasteiger partial charge is 0.469 e. The first-order valence-electron chi connectivity index (χ1n) is 3.61. The van der Waals surface area contributed by atoms with Gasteiger partial charge < -0.3 is 20.3 Å². The lowest BCUT2D eigenvalue weighted by atomic mass is 10.1. The Labute approximate surface area is 87.8 Å². The highest BCUT2D eigenvalue weighted by molar-refractivity contribution is 5.85. The van der Waals surface area contributed by atoms with Gasteiger partial charge in [-0.1, -0.05) is 0 Å². The molecular weight excluding hydrogens is 214 g/mol.